The molecule has 1 N–H and O–H groups in total. The van der Waals surface area contributed by atoms with Crippen molar-refractivity contribution in [3.05, 3.63) is 41.7 Å². The second kappa shape index (κ2) is 4.02. The summed E-state index contributed by atoms with van der Waals surface area (Å²) in [6, 6.07) is 6.51. The molecular weight excluding hydrogens is 155 g/mol. The first-order chi connectivity index (χ1) is 5.75. The Morgan fingerprint density at radius 1 is 1.50 bits per heavy atom. The Morgan fingerprint density at radius 3 is 2.75 bits per heavy atom. The molecule has 0 aliphatic carbocycles. The van der Waals surface area contributed by atoms with Crippen LogP contribution in [-0.4, -0.2) is 11.7 Å². The van der Waals surface area contributed by atoms with Crippen LogP contribution in [0.3, 0.4) is 0 Å². The van der Waals surface area contributed by atoms with Gasteiger partial charge in [-0.1, -0.05) is 24.3 Å². The van der Waals surface area contributed by atoms with Crippen LogP contribution in [0.2, 0.25) is 0 Å². The molecular formula is C10H11FO. The van der Waals surface area contributed by atoms with Gasteiger partial charge in [-0.25, -0.2) is 4.39 Å². The first kappa shape index (κ1) is 8.94. The lowest BCUT2D eigenvalue weighted by atomic mass is 10.1. The van der Waals surface area contributed by atoms with Crippen LogP contribution in [0.25, 0.3) is 5.57 Å². The van der Waals surface area contributed by atoms with Gasteiger partial charge in [0.25, 0.3) is 0 Å². The zero-order chi connectivity index (χ0) is 8.97. The molecule has 1 rings (SSSR count). The molecule has 0 unspecified atom stereocenters. The SMILES string of the molecule is C/C(=C/CO)c1ccccc1F. The highest BCUT2D eigenvalue weighted by atomic mass is 19.1. The maximum absolute atomic E-state index is 13.0. The summed E-state index contributed by atoms with van der Waals surface area (Å²) in [4.78, 5) is 0. The highest BCUT2D eigenvalue weighted by molar-refractivity contribution is 5.63. The van der Waals surface area contributed by atoms with Crippen molar-refractivity contribution in [1.82, 2.24) is 0 Å². The normalized spacial score (nSPS) is 11.8. The van der Waals surface area contributed by atoms with Crippen LogP contribution in [0.4, 0.5) is 4.39 Å². The Hall–Kier alpha value is -1.15. The van der Waals surface area contributed by atoms with Crippen LogP contribution in [0.1, 0.15) is 12.5 Å². The summed E-state index contributed by atoms with van der Waals surface area (Å²) in [5.41, 5.74) is 1.31. The molecule has 2 heteroatoms. The number of benzene rings is 1. The summed E-state index contributed by atoms with van der Waals surface area (Å²) in [5, 5.41) is 8.59. The Bertz CT molecular complexity index is 292. The van der Waals surface area contributed by atoms with Crippen molar-refractivity contribution < 1.29 is 9.50 Å². The summed E-state index contributed by atoms with van der Waals surface area (Å²) in [6.45, 7) is 1.72. The zero-order valence-electron chi connectivity index (χ0n) is 6.92. The van der Waals surface area contributed by atoms with Crippen molar-refractivity contribution >= 4 is 5.57 Å². The van der Waals surface area contributed by atoms with E-state index in [1.807, 2.05) is 0 Å². The van der Waals surface area contributed by atoms with E-state index >= 15 is 0 Å². The number of halogens is 1. The van der Waals surface area contributed by atoms with Crippen molar-refractivity contribution in [3.8, 4) is 0 Å². The lowest BCUT2D eigenvalue weighted by molar-refractivity contribution is 0.343. The quantitative estimate of drug-likeness (QED) is 0.714. The van der Waals surface area contributed by atoms with Gasteiger partial charge in [-0.3, -0.25) is 0 Å². The van der Waals surface area contributed by atoms with Gasteiger partial charge in [-0.05, 0) is 18.6 Å². The molecule has 1 aromatic carbocycles. The average Bonchev–Trinajstić information content (AvgIpc) is 2.05. The number of hydrogen-bond acceptors (Lipinski definition) is 1. The van der Waals surface area contributed by atoms with Gasteiger partial charge < -0.3 is 5.11 Å². The van der Waals surface area contributed by atoms with Gasteiger partial charge in [0.15, 0.2) is 0 Å². The van der Waals surface area contributed by atoms with Gasteiger partial charge in [-0.15, -0.1) is 0 Å². The van der Waals surface area contributed by atoms with Crippen LogP contribution >= 0.6 is 0 Å². The van der Waals surface area contributed by atoms with Crippen LogP contribution in [0.5, 0.6) is 0 Å². The van der Waals surface area contributed by atoms with Gasteiger partial charge in [0.2, 0.25) is 0 Å². The largest absolute Gasteiger partial charge is 0.392 e. The monoisotopic (exact) mass is 166 g/mol. The third-order valence-corrected chi connectivity index (χ3v) is 1.70. The molecule has 1 aromatic rings. The number of allylic oxidation sites excluding steroid dienone is 1. The first-order valence-corrected chi connectivity index (χ1v) is 3.78. The summed E-state index contributed by atoms with van der Waals surface area (Å²) in [7, 11) is 0. The highest BCUT2D eigenvalue weighted by Crippen LogP contribution is 2.16. The fourth-order valence-electron chi connectivity index (χ4n) is 1.03. The summed E-state index contributed by atoms with van der Waals surface area (Å²) in [6.07, 6.45) is 1.58. The van der Waals surface area contributed by atoms with Gasteiger partial charge >= 0.3 is 0 Å². The van der Waals surface area contributed by atoms with E-state index in [9.17, 15) is 4.39 Å². The number of hydrogen-bond donors (Lipinski definition) is 1. The molecule has 0 aliphatic heterocycles. The Balaban J connectivity index is 3.02. The third-order valence-electron chi connectivity index (χ3n) is 1.70. The van der Waals surface area contributed by atoms with Gasteiger partial charge in [0.05, 0.1) is 6.61 Å². The fraction of sp³-hybridized carbons (Fsp3) is 0.200. The second-order valence-electron chi connectivity index (χ2n) is 2.55. The van der Waals surface area contributed by atoms with E-state index in [4.69, 9.17) is 5.11 Å². The molecule has 0 radical (unpaired) electrons. The minimum atomic E-state index is -0.250. The minimum absolute atomic E-state index is 0.0554. The van der Waals surface area contributed by atoms with Crippen LogP contribution in [-0.2, 0) is 0 Å². The number of aliphatic hydroxyl groups excluding tert-OH is 1. The molecule has 12 heavy (non-hydrogen) atoms. The van der Waals surface area contributed by atoms with Gasteiger partial charge in [0, 0.05) is 5.56 Å². The maximum atomic E-state index is 13.0. The Morgan fingerprint density at radius 2 is 2.17 bits per heavy atom. The topological polar surface area (TPSA) is 20.2 Å². The predicted octanol–water partition coefficient (Wildman–Crippen LogP) is 2.22. The van der Waals surface area contributed by atoms with Gasteiger partial charge in [-0.2, -0.15) is 0 Å². The van der Waals surface area contributed by atoms with Crippen LogP contribution in [0.15, 0.2) is 30.3 Å². The predicted molar refractivity (Wildman–Crippen MR) is 47.1 cm³/mol. The van der Waals surface area contributed by atoms with Crippen molar-refractivity contribution in [2.45, 2.75) is 6.92 Å². The van der Waals surface area contributed by atoms with E-state index in [1.54, 1.807) is 31.2 Å². The highest BCUT2D eigenvalue weighted by Gasteiger charge is 2.00. The molecule has 1 nitrogen and oxygen atoms in total. The molecule has 0 aromatic heterocycles. The second-order valence-corrected chi connectivity index (χ2v) is 2.55. The van der Waals surface area contributed by atoms with Crippen LogP contribution < -0.4 is 0 Å². The van der Waals surface area contributed by atoms with Crippen molar-refractivity contribution in [2.75, 3.05) is 6.61 Å². The van der Waals surface area contributed by atoms with Crippen molar-refractivity contribution in [3.63, 3.8) is 0 Å². The molecule has 0 amide bonds. The molecule has 0 bridgehead atoms. The Labute approximate surface area is 71.2 Å². The molecule has 0 heterocycles. The maximum Gasteiger partial charge on any atom is 0.130 e. The fourth-order valence-corrected chi connectivity index (χ4v) is 1.03. The number of aliphatic hydroxyl groups is 1. The molecule has 64 valence electrons. The van der Waals surface area contributed by atoms with E-state index in [0.29, 0.717) is 5.56 Å². The summed E-state index contributed by atoms with van der Waals surface area (Å²) in [5.74, 6) is -0.250. The van der Waals surface area contributed by atoms with E-state index in [2.05, 4.69) is 0 Å². The van der Waals surface area contributed by atoms with E-state index in [-0.39, 0.29) is 12.4 Å². The molecule has 0 atom stereocenters. The van der Waals surface area contributed by atoms with Crippen molar-refractivity contribution in [2.24, 2.45) is 0 Å². The van der Waals surface area contributed by atoms with Crippen molar-refractivity contribution in [1.29, 1.82) is 0 Å². The standard InChI is InChI=1S/C10H11FO/c1-8(6-7-12)9-4-2-3-5-10(9)11/h2-6,12H,7H2,1H3/b8-6-. The summed E-state index contributed by atoms with van der Waals surface area (Å²) >= 11 is 0. The molecule has 0 saturated carbocycles. The van der Waals surface area contributed by atoms with E-state index in [0.717, 1.165) is 5.57 Å². The van der Waals surface area contributed by atoms with E-state index < -0.39 is 0 Å². The summed E-state index contributed by atoms with van der Waals surface area (Å²) < 4.78 is 13.0. The zero-order valence-corrected chi connectivity index (χ0v) is 6.92. The van der Waals surface area contributed by atoms with E-state index in [1.165, 1.54) is 6.07 Å². The molecule has 0 spiro atoms. The molecule has 0 fully saturated rings. The third kappa shape index (κ3) is 1.92. The van der Waals surface area contributed by atoms with Crippen LogP contribution in [0, 0.1) is 5.82 Å². The first-order valence-electron chi connectivity index (χ1n) is 3.78. The van der Waals surface area contributed by atoms with Gasteiger partial charge in [0.1, 0.15) is 5.82 Å². The lowest BCUT2D eigenvalue weighted by Gasteiger charge is -2.01. The Kier molecular flexibility index (Phi) is 3.00. The lowest BCUT2D eigenvalue weighted by Crippen LogP contribution is -1.86. The molecule has 0 saturated heterocycles. The molecule has 0 aliphatic rings. The minimum Gasteiger partial charge on any atom is -0.392 e. The average molecular weight is 166 g/mol. The smallest absolute Gasteiger partial charge is 0.130 e. The number of rotatable bonds is 2.